The van der Waals surface area contributed by atoms with Crippen LogP contribution in [-0.2, 0) is 11.3 Å². The molecule has 2 saturated heterocycles. The Bertz CT molecular complexity index is 794. The molecule has 0 bridgehead atoms. The van der Waals surface area contributed by atoms with Crippen molar-refractivity contribution in [1.29, 1.82) is 0 Å². The number of benzene rings is 1. The minimum absolute atomic E-state index is 0.237. The number of nitrogens with zero attached hydrogens (tertiary/aromatic N) is 6. The zero-order valence-electron chi connectivity index (χ0n) is 17.9. The van der Waals surface area contributed by atoms with Crippen molar-refractivity contribution in [3.63, 3.8) is 0 Å². The molecule has 2 fully saturated rings. The highest BCUT2D eigenvalue weighted by atomic mass is 16.2. The minimum atomic E-state index is 0.237. The van der Waals surface area contributed by atoms with Gasteiger partial charge in [-0.15, -0.1) is 5.10 Å². The van der Waals surface area contributed by atoms with Gasteiger partial charge < -0.3 is 9.80 Å². The molecule has 30 heavy (non-hydrogen) atoms. The van der Waals surface area contributed by atoms with Crippen LogP contribution < -0.4 is 4.90 Å². The molecule has 1 unspecified atom stereocenters. The summed E-state index contributed by atoms with van der Waals surface area (Å²) in [6.07, 6.45) is 4.00. The molecule has 3 heterocycles. The summed E-state index contributed by atoms with van der Waals surface area (Å²) in [5.41, 5.74) is 1.33. The predicted octanol–water partition coefficient (Wildman–Crippen LogP) is 1.72. The number of carbonyl (C=O) groups is 1. The fourth-order valence-electron chi connectivity index (χ4n) is 4.53. The lowest BCUT2D eigenvalue weighted by molar-refractivity contribution is -0.134. The van der Waals surface area contributed by atoms with Crippen LogP contribution in [0.5, 0.6) is 0 Å². The summed E-state index contributed by atoms with van der Waals surface area (Å²) in [5.74, 6) is 1.18. The van der Waals surface area contributed by atoms with Gasteiger partial charge in [-0.2, -0.15) is 5.10 Å². The van der Waals surface area contributed by atoms with Gasteiger partial charge in [0.05, 0.1) is 6.54 Å². The first-order valence-corrected chi connectivity index (χ1v) is 11.0. The van der Waals surface area contributed by atoms with Gasteiger partial charge in [0.25, 0.3) is 0 Å². The highest BCUT2D eigenvalue weighted by Gasteiger charge is 2.28. The average Bonchev–Trinajstić information content (AvgIpc) is 3.23. The van der Waals surface area contributed by atoms with E-state index in [1.165, 1.54) is 5.56 Å². The van der Waals surface area contributed by atoms with Gasteiger partial charge in [-0.3, -0.25) is 14.6 Å². The van der Waals surface area contributed by atoms with Crippen LogP contribution in [0, 0.1) is 0 Å². The van der Waals surface area contributed by atoms with Crippen LogP contribution in [0.25, 0.3) is 0 Å². The van der Waals surface area contributed by atoms with Gasteiger partial charge in [0.1, 0.15) is 0 Å². The molecule has 4 rings (SSSR count). The van der Waals surface area contributed by atoms with Crippen molar-refractivity contribution in [2.24, 2.45) is 0 Å². The quantitative estimate of drug-likeness (QED) is 0.695. The smallest absolute Gasteiger partial charge is 0.236 e. The van der Waals surface area contributed by atoms with E-state index in [2.05, 4.69) is 62.3 Å². The van der Waals surface area contributed by atoms with Crippen molar-refractivity contribution in [1.82, 2.24) is 24.9 Å². The monoisotopic (exact) mass is 408 g/mol. The van der Waals surface area contributed by atoms with Gasteiger partial charge >= 0.3 is 0 Å². The van der Waals surface area contributed by atoms with Crippen molar-refractivity contribution < 1.29 is 4.79 Å². The fraction of sp³-hybridized carbons (Fsp3) is 0.522. The fourth-order valence-corrected chi connectivity index (χ4v) is 4.53. The van der Waals surface area contributed by atoms with Crippen LogP contribution in [0.2, 0.25) is 0 Å². The third-order valence-corrected chi connectivity index (χ3v) is 6.13. The molecule has 2 aromatic rings. The largest absolute Gasteiger partial charge is 0.351 e. The van der Waals surface area contributed by atoms with E-state index in [4.69, 9.17) is 0 Å². The number of carbonyl (C=O) groups excluding carboxylic acids is 1. The Labute approximate surface area is 179 Å². The first-order valence-electron chi connectivity index (χ1n) is 11.0. The van der Waals surface area contributed by atoms with Crippen LogP contribution >= 0.6 is 0 Å². The zero-order chi connectivity index (χ0) is 20.8. The van der Waals surface area contributed by atoms with Crippen molar-refractivity contribution in [3.8, 4) is 0 Å². The number of aromatic nitrogens is 2. The molecule has 7 heteroatoms. The number of rotatable bonds is 7. The second-order valence-electron chi connectivity index (χ2n) is 8.41. The number of amides is 1. The van der Waals surface area contributed by atoms with Crippen molar-refractivity contribution in [3.05, 3.63) is 54.2 Å². The molecule has 0 radical (unpaired) electrons. The Morgan fingerprint density at radius 2 is 1.87 bits per heavy atom. The van der Waals surface area contributed by atoms with E-state index >= 15 is 0 Å². The molecular formula is C23H32N6O. The van der Waals surface area contributed by atoms with Gasteiger partial charge in [0.15, 0.2) is 5.82 Å². The third-order valence-electron chi connectivity index (χ3n) is 6.13. The van der Waals surface area contributed by atoms with Crippen molar-refractivity contribution in [2.75, 3.05) is 57.8 Å². The van der Waals surface area contributed by atoms with E-state index < -0.39 is 0 Å². The predicted molar refractivity (Wildman–Crippen MR) is 118 cm³/mol. The molecule has 1 aromatic heterocycles. The summed E-state index contributed by atoms with van der Waals surface area (Å²) < 4.78 is 0. The molecule has 1 amide bonds. The molecule has 0 saturated carbocycles. The van der Waals surface area contributed by atoms with Crippen LogP contribution in [0.1, 0.15) is 18.4 Å². The Balaban J connectivity index is 1.22. The molecule has 0 N–H and O–H groups in total. The number of anilines is 1. The van der Waals surface area contributed by atoms with Gasteiger partial charge in [-0.25, -0.2) is 0 Å². The van der Waals surface area contributed by atoms with Gasteiger partial charge in [0.2, 0.25) is 5.91 Å². The molecule has 0 aliphatic carbocycles. The molecular weight excluding hydrogens is 376 g/mol. The van der Waals surface area contributed by atoms with Crippen LogP contribution in [0.4, 0.5) is 5.82 Å². The van der Waals surface area contributed by atoms with E-state index in [9.17, 15) is 4.79 Å². The SMILES string of the molecule is CN(CC(=O)N1CCN(Cc2ccccc2)CC1)CC1CCCN1c1cccnn1. The average molecular weight is 409 g/mol. The molecule has 1 aromatic carbocycles. The Hall–Kier alpha value is -2.51. The molecule has 1 atom stereocenters. The lowest BCUT2D eigenvalue weighted by Crippen LogP contribution is -2.51. The lowest BCUT2D eigenvalue weighted by Gasteiger charge is -2.36. The summed E-state index contributed by atoms with van der Waals surface area (Å²) >= 11 is 0. The number of likely N-dealkylation sites (N-methyl/N-ethyl adjacent to an activating group) is 1. The van der Waals surface area contributed by atoms with Crippen LogP contribution in [-0.4, -0.2) is 89.7 Å². The van der Waals surface area contributed by atoms with E-state index in [0.717, 1.165) is 64.5 Å². The summed E-state index contributed by atoms with van der Waals surface area (Å²) in [4.78, 5) is 21.8. The first kappa shape index (κ1) is 20.8. The maximum absolute atomic E-state index is 12.8. The van der Waals surface area contributed by atoms with E-state index in [0.29, 0.717) is 12.6 Å². The van der Waals surface area contributed by atoms with Crippen LogP contribution in [0.3, 0.4) is 0 Å². The second-order valence-corrected chi connectivity index (χ2v) is 8.41. The summed E-state index contributed by atoms with van der Waals surface area (Å²) in [6.45, 7) is 6.82. The topological polar surface area (TPSA) is 55.8 Å². The minimum Gasteiger partial charge on any atom is -0.351 e. The van der Waals surface area contributed by atoms with Gasteiger partial charge in [-0.1, -0.05) is 30.3 Å². The second kappa shape index (κ2) is 10.00. The van der Waals surface area contributed by atoms with Crippen molar-refractivity contribution in [2.45, 2.75) is 25.4 Å². The van der Waals surface area contributed by atoms with Crippen molar-refractivity contribution >= 4 is 11.7 Å². The highest BCUT2D eigenvalue weighted by molar-refractivity contribution is 5.78. The normalized spacial score (nSPS) is 20.1. The Morgan fingerprint density at radius 3 is 2.60 bits per heavy atom. The highest BCUT2D eigenvalue weighted by Crippen LogP contribution is 2.23. The molecule has 0 spiro atoms. The number of hydrogen-bond donors (Lipinski definition) is 0. The standard InChI is InChI=1S/C23H32N6O/c1-26(18-21-9-6-12-29(21)22-10-5-11-24-25-22)19-23(30)28-15-13-27(14-16-28)17-20-7-3-2-4-8-20/h2-5,7-8,10-11,21H,6,9,12-19H2,1H3. The van der Waals surface area contributed by atoms with E-state index in [-0.39, 0.29) is 5.91 Å². The Kier molecular flexibility index (Phi) is 6.92. The summed E-state index contributed by atoms with van der Waals surface area (Å²) in [7, 11) is 2.05. The molecule has 7 nitrogen and oxygen atoms in total. The van der Waals surface area contributed by atoms with Gasteiger partial charge in [0, 0.05) is 58.1 Å². The maximum atomic E-state index is 12.8. The molecule has 2 aliphatic rings. The number of hydrogen-bond acceptors (Lipinski definition) is 6. The maximum Gasteiger partial charge on any atom is 0.236 e. The zero-order valence-corrected chi connectivity index (χ0v) is 17.9. The summed E-state index contributed by atoms with van der Waals surface area (Å²) in [6, 6.07) is 14.9. The van der Waals surface area contributed by atoms with Gasteiger partial charge in [-0.05, 0) is 37.6 Å². The molecule has 2 aliphatic heterocycles. The van der Waals surface area contributed by atoms with E-state index in [1.807, 2.05) is 17.0 Å². The van der Waals surface area contributed by atoms with E-state index in [1.54, 1.807) is 6.20 Å². The number of piperazine rings is 1. The lowest BCUT2D eigenvalue weighted by atomic mass is 10.2. The third kappa shape index (κ3) is 5.34. The molecule has 160 valence electrons. The first-order chi connectivity index (χ1) is 14.7. The Morgan fingerprint density at radius 1 is 1.07 bits per heavy atom. The summed E-state index contributed by atoms with van der Waals surface area (Å²) in [5, 5.41) is 8.28. The van der Waals surface area contributed by atoms with Crippen LogP contribution in [0.15, 0.2) is 48.7 Å².